The molecule has 0 saturated carbocycles. The fourth-order valence-electron chi connectivity index (χ4n) is 5.32. The van der Waals surface area contributed by atoms with Crippen molar-refractivity contribution in [1.29, 1.82) is 0 Å². The number of sulfonamides is 1. The van der Waals surface area contributed by atoms with Crippen LogP contribution >= 0.6 is 11.8 Å². The molecule has 2 saturated heterocycles. The van der Waals surface area contributed by atoms with Crippen LogP contribution in [-0.2, 0) is 20.9 Å². The van der Waals surface area contributed by atoms with Crippen molar-refractivity contribution in [2.45, 2.75) is 46.8 Å². The van der Waals surface area contributed by atoms with Crippen LogP contribution in [0.1, 0.15) is 22.4 Å². The summed E-state index contributed by atoms with van der Waals surface area (Å²) in [5, 5.41) is 49.7. The first kappa shape index (κ1) is 33.6. The average Bonchev–Trinajstić information content (AvgIpc) is 3.42. The Hall–Kier alpha value is -2.78. The summed E-state index contributed by atoms with van der Waals surface area (Å²) in [7, 11) is -3.82. The molecule has 6 atom stereocenters. The Labute approximate surface area is 256 Å². The minimum absolute atomic E-state index is 0.204. The maximum Gasteiger partial charge on any atom is 0.416 e. The third-order valence-corrected chi connectivity index (χ3v) is 10.4. The Morgan fingerprint density at radius 3 is 2.31 bits per heavy atom. The molecule has 0 amide bonds. The SMILES string of the molecule is CS(=O)(=O)N1CC(O)([C@@H](S[C@@H]2O[C@H](CO)[C@H](O)[C@H](n3cc(-c4cc(F)c(F)c(F)c4)nn3)[C@H]2O)c2ccccc2C(F)(F)F)C1. The second-order valence-corrected chi connectivity index (χ2v) is 14.0. The van der Waals surface area contributed by atoms with Gasteiger partial charge in [-0.25, -0.2) is 26.3 Å². The molecule has 2 aliphatic heterocycles. The van der Waals surface area contributed by atoms with E-state index in [4.69, 9.17) is 4.74 Å². The largest absolute Gasteiger partial charge is 0.416 e. The van der Waals surface area contributed by atoms with Gasteiger partial charge in [0.25, 0.3) is 0 Å². The highest BCUT2D eigenvalue weighted by molar-refractivity contribution is 8.00. The van der Waals surface area contributed by atoms with Crippen molar-refractivity contribution in [2.24, 2.45) is 0 Å². The van der Waals surface area contributed by atoms with Crippen molar-refractivity contribution in [3.8, 4) is 11.3 Å². The Morgan fingerprint density at radius 2 is 1.73 bits per heavy atom. The van der Waals surface area contributed by atoms with Crippen LogP contribution in [0.4, 0.5) is 26.3 Å². The molecule has 0 aliphatic carbocycles. The maximum absolute atomic E-state index is 14.1. The third kappa shape index (κ3) is 6.44. The molecule has 4 N–H and O–H groups in total. The number of alkyl halides is 3. The van der Waals surface area contributed by atoms with Gasteiger partial charge >= 0.3 is 6.18 Å². The van der Waals surface area contributed by atoms with Crippen molar-refractivity contribution >= 4 is 21.8 Å². The number of ether oxygens (including phenoxy) is 1. The van der Waals surface area contributed by atoms with E-state index in [1.807, 2.05) is 0 Å². The summed E-state index contributed by atoms with van der Waals surface area (Å²) in [6.07, 6.45) is -7.94. The normalized spacial score (nSPS) is 26.4. The second kappa shape index (κ2) is 12.1. The van der Waals surface area contributed by atoms with Gasteiger partial charge in [0.05, 0.1) is 29.9 Å². The molecule has 1 aromatic heterocycles. The van der Waals surface area contributed by atoms with E-state index in [1.165, 1.54) is 6.07 Å². The number of hydrogen-bond donors (Lipinski definition) is 4. The number of thioether (sulfide) groups is 1. The van der Waals surface area contributed by atoms with Crippen molar-refractivity contribution in [2.75, 3.05) is 26.0 Å². The van der Waals surface area contributed by atoms with E-state index >= 15 is 0 Å². The number of rotatable bonds is 8. The molecular formula is C26H26F6N4O7S2. The van der Waals surface area contributed by atoms with Crippen LogP contribution in [-0.4, -0.2) is 103 Å². The number of aliphatic hydroxyl groups is 4. The van der Waals surface area contributed by atoms with Crippen LogP contribution in [0.15, 0.2) is 42.6 Å². The average molecular weight is 685 g/mol. The standard InChI is InChI=1S/C26H26F6N4O7S2/c1-45(41,42)35-10-25(40,11-35)23(13-4-2-3-5-14(13)26(30,31)32)44-24-22(39)20(21(38)18(9-37)43-24)36-8-17(33-34-36)12-6-15(27)19(29)16(28)7-12/h2-8,18,20-24,37-40H,9-11H2,1H3/t18-,20+,21+,22-,23+,24+/m1/s1. The van der Waals surface area contributed by atoms with Gasteiger partial charge in [0.2, 0.25) is 10.0 Å². The Bertz CT molecular complexity index is 1650. The van der Waals surface area contributed by atoms with Gasteiger partial charge in [0.1, 0.15) is 41.1 Å². The molecule has 2 fully saturated rings. The fourth-order valence-corrected chi connectivity index (χ4v) is 7.79. The first-order valence-corrected chi connectivity index (χ1v) is 15.9. The van der Waals surface area contributed by atoms with E-state index < -0.39 is 105 Å². The zero-order valence-corrected chi connectivity index (χ0v) is 24.6. The van der Waals surface area contributed by atoms with Gasteiger partial charge in [-0.15, -0.1) is 16.9 Å². The Balaban J connectivity index is 1.51. The molecular weight excluding hydrogens is 658 g/mol. The Kier molecular flexibility index (Phi) is 9.03. The molecule has 0 spiro atoms. The summed E-state index contributed by atoms with van der Waals surface area (Å²) < 4.78 is 115. The van der Waals surface area contributed by atoms with Gasteiger partial charge in [-0.3, -0.25) is 0 Å². The molecule has 45 heavy (non-hydrogen) atoms. The molecule has 0 unspecified atom stereocenters. The lowest BCUT2D eigenvalue weighted by molar-refractivity contribution is -0.179. The van der Waals surface area contributed by atoms with Crippen LogP contribution in [0, 0.1) is 17.5 Å². The van der Waals surface area contributed by atoms with Crippen molar-refractivity contribution < 1.29 is 59.9 Å². The first-order valence-electron chi connectivity index (χ1n) is 13.1. The van der Waals surface area contributed by atoms with Crippen molar-refractivity contribution in [3.05, 3.63) is 71.2 Å². The molecule has 11 nitrogen and oxygen atoms in total. The summed E-state index contributed by atoms with van der Waals surface area (Å²) in [6.45, 7) is -2.00. The zero-order valence-electron chi connectivity index (χ0n) is 23.0. The number of benzene rings is 2. The number of nitrogens with zero attached hydrogens (tertiary/aromatic N) is 4. The number of halogens is 6. The maximum atomic E-state index is 14.1. The fraction of sp³-hybridized carbons (Fsp3) is 0.462. The van der Waals surface area contributed by atoms with E-state index in [9.17, 15) is 55.2 Å². The highest BCUT2D eigenvalue weighted by Crippen LogP contribution is 2.51. The predicted octanol–water partition coefficient (Wildman–Crippen LogP) is 1.84. The molecule has 5 rings (SSSR count). The van der Waals surface area contributed by atoms with Crippen LogP contribution in [0.25, 0.3) is 11.3 Å². The van der Waals surface area contributed by atoms with E-state index in [2.05, 4.69) is 10.3 Å². The van der Waals surface area contributed by atoms with Gasteiger partial charge in [0.15, 0.2) is 17.5 Å². The summed E-state index contributed by atoms with van der Waals surface area (Å²) in [5.41, 5.74) is -5.65. The van der Waals surface area contributed by atoms with E-state index in [1.54, 1.807) is 0 Å². The summed E-state index contributed by atoms with van der Waals surface area (Å²) in [4.78, 5) is 0. The molecule has 246 valence electrons. The lowest BCUT2D eigenvalue weighted by Crippen LogP contribution is -2.66. The van der Waals surface area contributed by atoms with Gasteiger partial charge < -0.3 is 25.2 Å². The van der Waals surface area contributed by atoms with Crippen LogP contribution < -0.4 is 0 Å². The van der Waals surface area contributed by atoms with Crippen LogP contribution in [0.3, 0.4) is 0 Å². The van der Waals surface area contributed by atoms with E-state index in [0.29, 0.717) is 23.9 Å². The highest BCUT2D eigenvalue weighted by atomic mass is 32.2. The lowest BCUT2D eigenvalue weighted by atomic mass is 9.86. The first-order chi connectivity index (χ1) is 20.9. The number of β-amino-alcohol motifs (C(OH)–C–C–N with tert-alkyl or cyclic N) is 1. The van der Waals surface area contributed by atoms with Crippen LogP contribution in [0.5, 0.6) is 0 Å². The Morgan fingerprint density at radius 1 is 1.11 bits per heavy atom. The monoisotopic (exact) mass is 684 g/mol. The zero-order chi connectivity index (χ0) is 33.1. The third-order valence-electron chi connectivity index (χ3n) is 7.62. The van der Waals surface area contributed by atoms with Crippen molar-refractivity contribution in [3.63, 3.8) is 0 Å². The minimum atomic E-state index is -4.89. The molecule has 3 heterocycles. The van der Waals surface area contributed by atoms with Gasteiger partial charge in [0, 0.05) is 18.7 Å². The minimum Gasteiger partial charge on any atom is -0.394 e. The topological polar surface area (TPSA) is 158 Å². The van der Waals surface area contributed by atoms with Gasteiger partial charge in [-0.2, -0.15) is 17.5 Å². The number of hydrogen-bond acceptors (Lipinski definition) is 10. The number of aromatic nitrogens is 3. The van der Waals surface area contributed by atoms with Crippen molar-refractivity contribution in [1.82, 2.24) is 19.3 Å². The number of aliphatic hydroxyl groups excluding tert-OH is 3. The molecule has 3 aromatic rings. The summed E-state index contributed by atoms with van der Waals surface area (Å²) >= 11 is 0.513. The van der Waals surface area contributed by atoms with Crippen LogP contribution in [0.2, 0.25) is 0 Å². The molecule has 19 heteroatoms. The molecule has 2 aromatic carbocycles. The quantitative estimate of drug-likeness (QED) is 0.204. The molecule has 2 aliphatic rings. The van der Waals surface area contributed by atoms with Gasteiger partial charge in [-0.05, 0) is 23.8 Å². The summed E-state index contributed by atoms with van der Waals surface area (Å²) in [5.74, 6) is -4.76. The molecule has 0 bridgehead atoms. The molecule has 0 radical (unpaired) electrons. The van der Waals surface area contributed by atoms with E-state index in [0.717, 1.165) is 39.6 Å². The lowest BCUT2D eigenvalue weighted by Gasteiger charge is -2.51. The smallest absolute Gasteiger partial charge is 0.394 e. The predicted molar refractivity (Wildman–Crippen MR) is 145 cm³/mol. The highest BCUT2D eigenvalue weighted by Gasteiger charge is 2.56. The summed E-state index contributed by atoms with van der Waals surface area (Å²) in [6, 6.07) is 4.06. The second-order valence-electron chi connectivity index (χ2n) is 10.8. The van der Waals surface area contributed by atoms with Gasteiger partial charge in [-0.1, -0.05) is 23.4 Å². The van der Waals surface area contributed by atoms with E-state index in [-0.39, 0.29) is 11.3 Å².